The Labute approximate surface area is 88.0 Å². The number of carboxylic acid groups (broad SMARTS) is 1. The van der Waals surface area contributed by atoms with Crippen LogP contribution in [0.5, 0.6) is 0 Å². The molecule has 6 nitrogen and oxygen atoms in total. The zero-order chi connectivity index (χ0) is 11.8. The van der Waals surface area contributed by atoms with E-state index < -0.39 is 24.2 Å². The first-order chi connectivity index (χ1) is 6.97. The summed E-state index contributed by atoms with van der Waals surface area (Å²) >= 11 is 0. The normalized spacial score (nSPS) is 9.67. The van der Waals surface area contributed by atoms with Gasteiger partial charge in [-0.2, -0.15) is 0 Å². The van der Waals surface area contributed by atoms with E-state index in [1.54, 1.807) is 0 Å². The van der Waals surface area contributed by atoms with Gasteiger partial charge >= 0.3 is 5.97 Å². The van der Waals surface area contributed by atoms with Gasteiger partial charge in [-0.25, -0.2) is 0 Å². The van der Waals surface area contributed by atoms with Gasteiger partial charge in [0.05, 0.1) is 6.54 Å². The monoisotopic (exact) mass is 216 g/mol. The summed E-state index contributed by atoms with van der Waals surface area (Å²) in [5, 5.41) is 8.43. The number of carboxylic acids is 1. The number of unbranched alkanes of at least 4 members (excludes halogenated alkanes) is 1. The average Bonchev–Trinajstić information content (AvgIpc) is 2.10. The Morgan fingerprint density at radius 3 is 2.33 bits per heavy atom. The molecule has 6 heteroatoms. The van der Waals surface area contributed by atoms with Crippen LogP contribution in [-0.4, -0.2) is 40.9 Å². The lowest BCUT2D eigenvalue weighted by atomic mass is 10.3. The number of primary amides is 1. The molecule has 0 fully saturated rings. The minimum absolute atomic E-state index is 0.216. The van der Waals surface area contributed by atoms with Gasteiger partial charge in [-0.05, 0) is 6.42 Å². The van der Waals surface area contributed by atoms with Crippen molar-refractivity contribution in [3.8, 4) is 0 Å². The molecule has 0 saturated carbocycles. The molecule has 2 amide bonds. The molecule has 0 radical (unpaired) electrons. The molecule has 0 aromatic carbocycles. The van der Waals surface area contributed by atoms with Crippen LogP contribution in [0.4, 0.5) is 0 Å². The first kappa shape index (κ1) is 13.4. The van der Waals surface area contributed by atoms with Gasteiger partial charge < -0.3 is 15.7 Å². The molecule has 0 aromatic heterocycles. The molecule has 0 bridgehead atoms. The predicted molar refractivity (Wildman–Crippen MR) is 52.9 cm³/mol. The van der Waals surface area contributed by atoms with Crippen molar-refractivity contribution in [2.45, 2.75) is 26.2 Å². The maximum atomic E-state index is 11.3. The Hall–Kier alpha value is -1.59. The molecule has 0 aliphatic carbocycles. The summed E-state index contributed by atoms with van der Waals surface area (Å²) in [4.78, 5) is 33.5. The summed E-state index contributed by atoms with van der Waals surface area (Å²) in [5.74, 6) is -2.41. The number of rotatable bonds is 7. The van der Waals surface area contributed by atoms with E-state index in [1.165, 1.54) is 4.90 Å². The first-order valence-electron chi connectivity index (χ1n) is 4.75. The quantitative estimate of drug-likeness (QED) is 0.564. The number of amides is 2. The molecule has 0 aromatic rings. The van der Waals surface area contributed by atoms with Crippen molar-refractivity contribution in [1.82, 2.24) is 4.90 Å². The average molecular weight is 216 g/mol. The van der Waals surface area contributed by atoms with E-state index in [2.05, 4.69) is 0 Å². The summed E-state index contributed by atoms with van der Waals surface area (Å²) < 4.78 is 0. The third-order valence-electron chi connectivity index (χ3n) is 1.78. The van der Waals surface area contributed by atoms with Crippen LogP contribution in [-0.2, 0) is 14.4 Å². The van der Waals surface area contributed by atoms with Gasteiger partial charge in [0.15, 0.2) is 0 Å². The second kappa shape index (κ2) is 6.80. The van der Waals surface area contributed by atoms with Crippen LogP contribution in [0.3, 0.4) is 0 Å². The van der Waals surface area contributed by atoms with Crippen LogP contribution < -0.4 is 5.73 Å². The topological polar surface area (TPSA) is 101 Å². The number of nitrogens with two attached hydrogens (primary N) is 1. The fourth-order valence-corrected chi connectivity index (χ4v) is 1.07. The lowest BCUT2D eigenvalue weighted by Gasteiger charge is -2.19. The van der Waals surface area contributed by atoms with E-state index in [4.69, 9.17) is 10.8 Å². The fourth-order valence-electron chi connectivity index (χ4n) is 1.07. The molecular formula is C9H16N2O4. The second-order valence-electron chi connectivity index (χ2n) is 3.21. The molecule has 0 heterocycles. The predicted octanol–water partition coefficient (Wildman–Crippen LogP) is -0.425. The Morgan fingerprint density at radius 2 is 1.93 bits per heavy atom. The molecule has 0 aliphatic heterocycles. The van der Waals surface area contributed by atoms with E-state index in [0.717, 1.165) is 12.8 Å². The highest BCUT2D eigenvalue weighted by atomic mass is 16.4. The number of hydrogen-bond donors (Lipinski definition) is 2. The van der Waals surface area contributed by atoms with Crippen molar-refractivity contribution in [3.63, 3.8) is 0 Å². The molecule has 0 spiro atoms. The van der Waals surface area contributed by atoms with Crippen LogP contribution in [0, 0.1) is 0 Å². The minimum atomic E-state index is -1.20. The summed E-state index contributed by atoms with van der Waals surface area (Å²) in [6.07, 6.45) is 0.977. The van der Waals surface area contributed by atoms with Gasteiger partial charge in [0, 0.05) is 6.54 Å². The minimum Gasteiger partial charge on any atom is -0.481 e. The fraction of sp³-hybridized carbons (Fsp3) is 0.667. The van der Waals surface area contributed by atoms with Crippen LogP contribution in [0.2, 0.25) is 0 Å². The van der Waals surface area contributed by atoms with Crippen LogP contribution in [0.1, 0.15) is 26.2 Å². The van der Waals surface area contributed by atoms with Crippen molar-refractivity contribution in [3.05, 3.63) is 0 Å². The number of aliphatic carboxylic acids is 1. The molecule has 0 saturated heterocycles. The molecule has 0 aliphatic rings. The largest absolute Gasteiger partial charge is 0.481 e. The van der Waals surface area contributed by atoms with E-state index in [-0.39, 0.29) is 6.54 Å². The van der Waals surface area contributed by atoms with Gasteiger partial charge in [-0.1, -0.05) is 13.3 Å². The second-order valence-corrected chi connectivity index (χ2v) is 3.21. The van der Waals surface area contributed by atoms with Crippen molar-refractivity contribution < 1.29 is 19.5 Å². The van der Waals surface area contributed by atoms with Crippen molar-refractivity contribution >= 4 is 17.8 Å². The lowest BCUT2D eigenvalue weighted by Crippen LogP contribution is -2.39. The smallest absolute Gasteiger partial charge is 0.312 e. The molecule has 0 unspecified atom stereocenters. The van der Waals surface area contributed by atoms with Crippen molar-refractivity contribution in [2.24, 2.45) is 5.73 Å². The molecule has 15 heavy (non-hydrogen) atoms. The zero-order valence-corrected chi connectivity index (χ0v) is 8.73. The lowest BCUT2D eigenvalue weighted by molar-refractivity contribution is -0.145. The van der Waals surface area contributed by atoms with Gasteiger partial charge in [0.2, 0.25) is 11.8 Å². The third kappa shape index (κ3) is 6.48. The number of nitrogens with zero attached hydrogens (tertiary/aromatic N) is 1. The third-order valence-corrected chi connectivity index (χ3v) is 1.78. The van der Waals surface area contributed by atoms with Crippen LogP contribution in [0.15, 0.2) is 0 Å². The zero-order valence-electron chi connectivity index (χ0n) is 8.73. The maximum Gasteiger partial charge on any atom is 0.312 e. The maximum absolute atomic E-state index is 11.3. The Balaban J connectivity index is 4.26. The molecular weight excluding hydrogens is 200 g/mol. The summed E-state index contributed by atoms with van der Waals surface area (Å²) in [7, 11) is 0. The van der Waals surface area contributed by atoms with Crippen LogP contribution in [0.25, 0.3) is 0 Å². The van der Waals surface area contributed by atoms with E-state index >= 15 is 0 Å². The van der Waals surface area contributed by atoms with E-state index in [9.17, 15) is 14.4 Å². The highest BCUT2D eigenvalue weighted by molar-refractivity contribution is 5.95. The first-order valence-corrected chi connectivity index (χ1v) is 4.75. The van der Waals surface area contributed by atoms with Gasteiger partial charge in [0.1, 0.15) is 6.42 Å². The van der Waals surface area contributed by atoms with Gasteiger partial charge in [0.25, 0.3) is 0 Å². The molecule has 0 rings (SSSR count). The van der Waals surface area contributed by atoms with Crippen molar-refractivity contribution in [1.29, 1.82) is 0 Å². The summed E-state index contributed by atoms with van der Waals surface area (Å²) in [6.45, 7) is 2.09. The summed E-state index contributed by atoms with van der Waals surface area (Å²) in [5.41, 5.74) is 4.95. The van der Waals surface area contributed by atoms with Gasteiger partial charge in [-0.15, -0.1) is 0 Å². The number of carbonyl (C=O) groups is 3. The van der Waals surface area contributed by atoms with Crippen molar-refractivity contribution in [2.75, 3.05) is 13.1 Å². The SMILES string of the molecule is CCCCN(CC(N)=O)C(=O)CC(=O)O. The Bertz CT molecular complexity index is 252. The molecule has 0 atom stereocenters. The number of hydrogen-bond acceptors (Lipinski definition) is 3. The number of carbonyl (C=O) groups excluding carboxylic acids is 2. The van der Waals surface area contributed by atoms with Crippen LogP contribution >= 0.6 is 0 Å². The Morgan fingerprint density at radius 1 is 1.33 bits per heavy atom. The molecule has 3 N–H and O–H groups in total. The van der Waals surface area contributed by atoms with Gasteiger partial charge in [-0.3, -0.25) is 14.4 Å². The summed E-state index contributed by atoms with van der Waals surface area (Å²) in [6, 6.07) is 0. The van der Waals surface area contributed by atoms with E-state index in [1.807, 2.05) is 6.92 Å². The van der Waals surface area contributed by atoms with E-state index in [0.29, 0.717) is 6.54 Å². The molecule has 86 valence electrons. The Kier molecular flexibility index (Phi) is 6.08. The highest BCUT2D eigenvalue weighted by Crippen LogP contribution is 1.98. The standard InChI is InChI=1S/C9H16N2O4/c1-2-3-4-11(6-7(10)12)8(13)5-9(14)15/h2-6H2,1H3,(H2,10,12)(H,14,15). The highest BCUT2D eigenvalue weighted by Gasteiger charge is 2.17.